The molecule has 0 saturated heterocycles. The summed E-state index contributed by atoms with van der Waals surface area (Å²) in [6.45, 7) is 1.38. The molecule has 0 spiro atoms. The van der Waals surface area contributed by atoms with Gasteiger partial charge in [-0.1, -0.05) is 12.1 Å². The number of benzene rings is 1. The molecule has 16 heavy (non-hydrogen) atoms. The Hall–Kier alpha value is -1.69. The third kappa shape index (κ3) is 2.90. The summed E-state index contributed by atoms with van der Waals surface area (Å²) in [7, 11) is -3.69. The minimum atomic E-state index is -3.69. The molecule has 1 rings (SSSR count). The highest BCUT2D eigenvalue weighted by atomic mass is 32.2. The molecule has 2 N–H and O–H groups in total. The molecule has 0 aromatic heterocycles. The van der Waals surface area contributed by atoms with Crippen LogP contribution in [-0.2, 0) is 14.6 Å². The van der Waals surface area contributed by atoms with E-state index in [1.165, 1.54) is 31.2 Å². The van der Waals surface area contributed by atoms with Crippen LogP contribution >= 0.6 is 0 Å². The molecule has 0 radical (unpaired) electrons. The van der Waals surface area contributed by atoms with E-state index < -0.39 is 21.5 Å². The summed E-state index contributed by atoms with van der Waals surface area (Å²) in [5.74, 6) is -1.79. The van der Waals surface area contributed by atoms with Crippen molar-refractivity contribution in [1.82, 2.24) is 0 Å². The van der Waals surface area contributed by atoms with Gasteiger partial charge >= 0.3 is 0 Å². The van der Waals surface area contributed by atoms with Crippen LogP contribution in [0.25, 0.3) is 0 Å². The van der Waals surface area contributed by atoms with Crippen LogP contribution in [0.5, 0.6) is 0 Å². The molecule has 0 atom stereocenters. The van der Waals surface area contributed by atoms with Gasteiger partial charge in [0.1, 0.15) is 5.75 Å². The second-order valence-corrected chi connectivity index (χ2v) is 5.30. The molecule has 0 unspecified atom stereocenters. The van der Waals surface area contributed by atoms with Gasteiger partial charge in [-0.2, -0.15) is 0 Å². The maximum absolute atomic E-state index is 11.5. The van der Waals surface area contributed by atoms with E-state index in [9.17, 15) is 18.0 Å². The van der Waals surface area contributed by atoms with Gasteiger partial charge < -0.3 is 5.73 Å². The average Bonchev–Trinajstić information content (AvgIpc) is 2.16. The second-order valence-electron chi connectivity index (χ2n) is 3.31. The van der Waals surface area contributed by atoms with Crippen LogP contribution in [-0.4, -0.2) is 25.9 Å². The zero-order valence-electron chi connectivity index (χ0n) is 8.64. The molecule has 0 heterocycles. The maximum atomic E-state index is 11.5. The van der Waals surface area contributed by atoms with Gasteiger partial charge in [-0.3, -0.25) is 9.59 Å². The predicted molar refractivity (Wildman–Crippen MR) is 57.7 cm³/mol. The highest BCUT2D eigenvalue weighted by Gasteiger charge is 2.17. The van der Waals surface area contributed by atoms with Crippen molar-refractivity contribution in [3.63, 3.8) is 0 Å². The van der Waals surface area contributed by atoms with E-state index in [0.717, 1.165) is 0 Å². The van der Waals surface area contributed by atoms with E-state index in [1.54, 1.807) is 0 Å². The minimum absolute atomic E-state index is 0.0173. The Morgan fingerprint density at radius 3 is 2.06 bits per heavy atom. The predicted octanol–water partition coefficient (Wildman–Crippen LogP) is 0.148. The normalized spacial score (nSPS) is 11.1. The van der Waals surface area contributed by atoms with Gasteiger partial charge in [0, 0.05) is 5.56 Å². The van der Waals surface area contributed by atoms with Crippen molar-refractivity contribution >= 4 is 21.5 Å². The van der Waals surface area contributed by atoms with Crippen molar-refractivity contribution in [1.29, 1.82) is 0 Å². The average molecular weight is 241 g/mol. The molecular weight excluding hydrogens is 230 g/mol. The number of hydrogen-bond donors (Lipinski definition) is 1. The summed E-state index contributed by atoms with van der Waals surface area (Å²) in [6, 6.07) is 5.37. The molecule has 0 aliphatic carbocycles. The van der Waals surface area contributed by atoms with Crippen molar-refractivity contribution in [2.75, 3.05) is 5.75 Å². The maximum Gasteiger partial charge on any atom is 0.233 e. The second kappa shape index (κ2) is 4.44. The molecule has 6 heteroatoms. The number of primary amides is 1. The lowest BCUT2D eigenvalue weighted by Gasteiger charge is -2.02. The first-order valence-corrected chi connectivity index (χ1v) is 6.10. The first-order chi connectivity index (χ1) is 7.33. The van der Waals surface area contributed by atoms with Gasteiger partial charge in [-0.25, -0.2) is 8.42 Å². The van der Waals surface area contributed by atoms with E-state index in [2.05, 4.69) is 0 Å². The Kier molecular flexibility index (Phi) is 3.44. The van der Waals surface area contributed by atoms with Crippen LogP contribution in [0.3, 0.4) is 0 Å². The van der Waals surface area contributed by atoms with Gasteiger partial charge in [0.05, 0.1) is 4.90 Å². The third-order valence-electron chi connectivity index (χ3n) is 1.95. The van der Waals surface area contributed by atoms with Crippen molar-refractivity contribution in [2.24, 2.45) is 5.73 Å². The number of Topliss-reactive ketones (excluding diaryl/α,β-unsaturated/α-hetero) is 1. The molecule has 0 aliphatic rings. The zero-order chi connectivity index (χ0) is 12.3. The van der Waals surface area contributed by atoms with Gasteiger partial charge in [0.2, 0.25) is 5.91 Å². The number of amides is 1. The minimum Gasteiger partial charge on any atom is -0.369 e. The first-order valence-electron chi connectivity index (χ1n) is 4.45. The topological polar surface area (TPSA) is 94.3 Å². The smallest absolute Gasteiger partial charge is 0.233 e. The van der Waals surface area contributed by atoms with Crippen LogP contribution in [0.4, 0.5) is 0 Å². The summed E-state index contributed by atoms with van der Waals surface area (Å²) >= 11 is 0. The molecule has 1 aromatic carbocycles. The molecule has 1 amide bonds. The highest BCUT2D eigenvalue weighted by molar-refractivity contribution is 7.92. The number of hydrogen-bond acceptors (Lipinski definition) is 4. The third-order valence-corrected chi connectivity index (χ3v) is 3.61. The van der Waals surface area contributed by atoms with Crippen LogP contribution in [0, 0.1) is 0 Å². The Morgan fingerprint density at radius 1 is 1.19 bits per heavy atom. The number of carbonyl (C=O) groups excluding carboxylic acids is 2. The molecule has 86 valence electrons. The van der Waals surface area contributed by atoms with Crippen molar-refractivity contribution in [3.8, 4) is 0 Å². The molecule has 0 aliphatic heterocycles. The molecule has 0 bridgehead atoms. The number of sulfone groups is 1. The number of carbonyl (C=O) groups is 2. The van der Waals surface area contributed by atoms with Crippen LogP contribution in [0.2, 0.25) is 0 Å². The lowest BCUT2D eigenvalue weighted by molar-refractivity contribution is -0.115. The molecule has 0 fully saturated rings. The Balaban J connectivity index is 3.07. The molecular formula is C10H11NO4S. The van der Waals surface area contributed by atoms with E-state index in [4.69, 9.17) is 5.73 Å². The fraction of sp³-hybridized carbons (Fsp3) is 0.200. The Labute approximate surface area is 93.2 Å². The van der Waals surface area contributed by atoms with Crippen LogP contribution in [0.1, 0.15) is 17.3 Å². The largest absolute Gasteiger partial charge is 0.369 e. The van der Waals surface area contributed by atoms with Crippen LogP contribution in [0.15, 0.2) is 29.2 Å². The zero-order valence-corrected chi connectivity index (χ0v) is 9.45. The standard InChI is InChI=1S/C10H11NO4S/c1-7(12)8-2-4-9(5-3-8)16(14,15)6-10(11)13/h2-5H,6H2,1H3,(H2,11,13). The number of nitrogens with two attached hydrogens (primary N) is 1. The molecule has 0 saturated carbocycles. The monoisotopic (exact) mass is 241 g/mol. The van der Waals surface area contributed by atoms with Crippen molar-refractivity contribution in [2.45, 2.75) is 11.8 Å². The Bertz CT molecular complexity index is 516. The molecule has 1 aromatic rings. The Morgan fingerprint density at radius 2 is 1.69 bits per heavy atom. The van der Waals surface area contributed by atoms with Gasteiger partial charge in [0.15, 0.2) is 15.6 Å². The molecule has 5 nitrogen and oxygen atoms in total. The SMILES string of the molecule is CC(=O)c1ccc(S(=O)(=O)CC(N)=O)cc1. The van der Waals surface area contributed by atoms with Crippen molar-refractivity contribution < 1.29 is 18.0 Å². The highest BCUT2D eigenvalue weighted by Crippen LogP contribution is 2.12. The van der Waals surface area contributed by atoms with Gasteiger partial charge in [-0.05, 0) is 19.1 Å². The van der Waals surface area contributed by atoms with Crippen LogP contribution < -0.4 is 5.73 Å². The lowest BCUT2D eigenvalue weighted by atomic mass is 10.2. The number of rotatable bonds is 4. The van der Waals surface area contributed by atoms with E-state index in [0.29, 0.717) is 5.56 Å². The van der Waals surface area contributed by atoms with E-state index in [-0.39, 0.29) is 10.7 Å². The first kappa shape index (κ1) is 12.4. The lowest BCUT2D eigenvalue weighted by Crippen LogP contribution is -2.23. The van der Waals surface area contributed by atoms with Gasteiger partial charge in [-0.15, -0.1) is 0 Å². The summed E-state index contributed by atoms with van der Waals surface area (Å²) in [4.78, 5) is 21.5. The van der Waals surface area contributed by atoms with E-state index in [1.807, 2.05) is 0 Å². The quantitative estimate of drug-likeness (QED) is 0.759. The fourth-order valence-electron chi connectivity index (χ4n) is 1.17. The fourth-order valence-corrected chi connectivity index (χ4v) is 2.26. The van der Waals surface area contributed by atoms with E-state index >= 15 is 0 Å². The number of ketones is 1. The summed E-state index contributed by atoms with van der Waals surface area (Å²) < 4.78 is 23.1. The summed E-state index contributed by atoms with van der Waals surface area (Å²) in [5.41, 5.74) is 5.24. The summed E-state index contributed by atoms with van der Waals surface area (Å²) in [6.07, 6.45) is 0. The van der Waals surface area contributed by atoms with Crippen molar-refractivity contribution in [3.05, 3.63) is 29.8 Å². The van der Waals surface area contributed by atoms with Gasteiger partial charge in [0.25, 0.3) is 0 Å². The summed E-state index contributed by atoms with van der Waals surface area (Å²) in [5, 5.41) is 0.